The molecule has 0 unspecified atom stereocenters. The van der Waals surface area contributed by atoms with Crippen molar-refractivity contribution in [3.8, 4) is 17.1 Å². The number of para-hydroxylation sites is 4. The van der Waals surface area contributed by atoms with E-state index >= 15 is 0 Å². The van der Waals surface area contributed by atoms with Gasteiger partial charge in [-0.3, -0.25) is 4.57 Å². The second-order valence-corrected chi connectivity index (χ2v) is 12.2. The van der Waals surface area contributed by atoms with Crippen molar-refractivity contribution in [1.29, 1.82) is 0 Å². The first-order chi connectivity index (χ1) is 22.8. The van der Waals surface area contributed by atoms with Crippen molar-refractivity contribution in [2.45, 2.75) is 0 Å². The summed E-state index contributed by atoms with van der Waals surface area (Å²) in [5.41, 5.74) is 9.58. The van der Waals surface area contributed by atoms with E-state index in [1.54, 1.807) is 0 Å². The average molecular weight is 585 g/mol. The Morgan fingerprint density at radius 3 is 1.87 bits per heavy atom. The van der Waals surface area contributed by atoms with Gasteiger partial charge in [0, 0.05) is 32.5 Å². The molecule has 4 heteroatoms. The van der Waals surface area contributed by atoms with Crippen LogP contribution in [0.2, 0.25) is 0 Å². The van der Waals surface area contributed by atoms with Crippen LogP contribution in [0.5, 0.6) is 0 Å². The lowest BCUT2D eigenvalue weighted by atomic mass is 10.0. The third-order valence-electron chi connectivity index (χ3n) is 9.81. The summed E-state index contributed by atoms with van der Waals surface area (Å²) in [6, 6.07) is 52.2. The molecule has 7 aromatic carbocycles. The Morgan fingerprint density at radius 2 is 1.04 bits per heavy atom. The van der Waals surface area contributed by atoms with Crippen molar-refractivity contribution in [3.63, 3.8) is 0 Å². The number of rotatable bonds is 2. The van der Waals surface area contributed by atoms with E-state index in [-0.39, 0.29) is 0 Å². The lowest BCUT2D eigenvalue weighted by Crippen LogP contribution is -2.03. The number of benzene rings is 7. The highest BCUT2D eigenvalue weighted by molar-refractivity contribution is 6.33. The predicted molar refractivity (Wildman–Crippen MR) is 191 cm³/mol. The molecular formula is C42H24N4. The molecule has 4 aromatic heterocycles. The van der Waals surface area contributed by atoms with Gasteiger partial charge < -0.3 is 4.40 Å². The molecule has 0 aliphatic carbocycles. The zero-order valence-corrected chi connectivity index (χ0v) is 24.6. The molecule has 0 aliphatic rings. The molecule has 0 saturated heterocycles. The summed E-state index contributed by atoms with van der Waals surface area (Å²) in [6.07, 6.45) is 0. The van der Waals surface area contributed by atoms with Crippen LogP contribution in [0, 0.1) is 0 Å². The van der Waals surface area contributed by atoms with Crippen molar-refractivity contribution < 1.29 is 0 Å². The number of fused-ring (bicyclic) bond motifs is 8. The third kappa shape index (κ3) is 3.03. The molecule has 11 aromatic rings. The standard InChI is InChI=1S/C42H24N4/c1-2-11-26-24-27(21-20-25(26)10-1)40-42(44-33-16-6-5-15-32(33)43-40)46-36-19-9-14-30-28-12-3-7-17-34(28)45-35-18-8-4-13-29(35)31-22-23-37(46)39(38(30)36)41(31)45/h1-24H. The average Bonchev–Trinajstić information content (AvgIpc) is 3.59. The van der Waals surface area contributed by atoms with Crippen LogP contribution in [0.4, 0.5) is 0 Å². The fourth-order valence-corrected chi connectivity index (χ4v) is 7.87. The maximum absolute atomic E-state index is 5.41. The third-order valence-corrected chi connectivity index (χ3v) is 9.81. The normalized spacial score (nSPS) is 12.3. The topological polar surface area (TPSA) is 35.1 Å². The summed E-state index contributed by atoms with van der Waals surface area (Å²) >= 11 is 0. The second-order valence-electron chi connectivity index (χ2n) is 12.2. The first-order valence-electron chi connectivity index (χ1n) is 15.7. The number of hydrogen-bond donors (Lipinski definition) is 0. The highest BCUT2D eigenvalue weighted by Crippen LogP contribution is 2.45. The molecule has 0 spiro atoms. The first kappa shape index (κ1) is 24.1. The fourth-order valence-electron chi connectivity index (χ4n) is 7.87. The summed E-state index contributed by atoms with van der Waals surface area (Å²) in [4.78, 5) is 10.7. The molecule has 0 radical (unpaired) electrons. The van der Waals surface area contributed by atoms with Crippen LogP contribution in [0.25, 0.3) is 98.8 Å². The van der Waals surface area contributed by atoms with Crippen molar-refractivity contribution in [3.05, 3.63) is 146 Å². The number of nitrogens with zero attached hydrogens (tertiary/aromatic N) is 4. The van der Waals surface area contributed by atoms with Crippen LogP contribution in [0.1, 0.15) is 0 Å². The predicted octanol–water partition coefficient (Wildman–Crippen LogP) is 10.7. The summed E-state index contributed by atoms with van der Waals surface area (Å²) in [6.45, 7) is 0. The largest absolute Gasteiger partial charge is 0.308 e. The maximum atomic E-state index is 5.41. The maximum Gasteiger partial charge on any atom is 0.165 e. The molecule has 0 aliphatic heterocycles. The summed E-state index contributed by atoms with van der Waals surface area (Å²) < 4.78 is 4.83. The molecule has 212 valence electrons. The summed E-state index contributed by atoms with van der Waals surface area (Å²) in [5.74, 6) is 0.835. The minimum absolute atomic E-state index is 0.835. The lowest BCUT2D eigenvalue weighted by molar-refractivity contribution is 1.08. The molecule has 0 saturated carbocycles. The smallest absolute Gasteiger partial charge is 0.165 e. The fraction of sp³-hybridized carbons (Fsp3) is 0. The van der Waals surface area contributed by atoms with Gasteiger partial charge in [-0.25, -0.2) is 9.97 Å². The minimum atomic E-state index is 0.835. The van der Waals surface area contributed by atoms with Gasteiger partial charge in [0.15, 0.2) is 5.82 Å². The number of hydrogen-bond acceptors (Lipinski definition) is 2. The van der Waals surface area contributed by atoms with E-state index < -0.39 is 0 Å². The van der Waals surface area contributed by atoms with Crippen molar-refractivity contribution in [2.75, 3.05) is 0 Å². The van der Waals surface area contributed by atoms with Crippen LogP contribution in [0.3, 0.4) is 0 Å². The van der Waals surface area contributed by atoms with Gasteiger partial charge in [-0.2, -0.15) is 0 Å². The van der Waals surface area contributed by atoms with E-state index in [1.807, 2.05) is 12.1 Å². The van der Waals surface area contributed by atoms with Gasteiger partial charge in [-0.05, 0) is 58.6 Å². The Labute approximate surface area is 262 Å². The van der Waals surface area contributed by atoms with Crippen molar-refractivity contribution in [2.24, 2.45) is 0 Å². The van der Waals surface area contributed by atoms with E-state index in [9.17, 15) is 0 Å². The van der Waals surface area contributed by atoms with Crippen LogP contribution in [-0.4, -0.2) is 18.9 Å². The zero-order chi connectivity index (χ0) is 29.9. The van der Waals surface area contributed by atoms with E-state index in [0.29, 0.717) is 0 Å². The van der Waals surface area contributed by atoms with Crippen LogP contribution in [0.15, 0.2) is 146 Å². The Bertz CT molecular complexity index is 3030. The molecular weight excluding hydrogens is 560 g/mol. The van der Waals surface area contributed by atoms with E-state index in [4.69, 9.17) is 9.97 Å². The molecule has 0 bridgehead atoms. The molecule has 46 heavy (non-hydrogen) atoms. The van der Waals surface area contributed by atoms with Gasteiger partial charge in [0.25, 0.3) is 0 Å². The highest BCUT2D eigenvalue weighted by Gasteiger charge is 2.25. The van der Waals surface area contributed by atoms with Gasteiger partial charge >= 0.3 is 0 Å². The quantitative estimate of drug-likeness (QED) is 0.203. The minimum Gasteiger partial charge on any atom is -0.308 e. The van der Waals surface area contributed by atoms with Gasteiger partial charge in [0.1, 0.15) is 5.69 Å². The molecule has 0 N–H and O–H groups in total. The van der Waals surface area contributed by atoms with Gasteiger partial charge in [-0.1, -0.05) is 103 Å². The SMILES string of the molecule is c1ccc2cc(-c3nc4ccccc4nc3-n3c4cccc5c6ccccc6n6c7ccccc7c7ccc3c(c54)c76)ccc2c1. The van der Waals surface area contributed by atoms with E-state index in [0.717, 1.165) is 39.1 Å². The molecule has 0 fully saturated rings. The van der Waals surface area contributed by atoms with Gasteiger partial charge in [0.2, 0.25) is 0 Å². The molecule has 0 amide bonds. The lowest BCUT2D eigenvalue weighted by Gasteiger charge is -2.14. The molecule has 11 rings (SSSR count). The Kier molecular flexibility index (Phi) is 4.55. The van der Waals surface area contributed by atoms with Gasteiger partial charge in [-0.15, -0.1) is 0 Å². The first-order valence-corrected chi connectivity index (χ1v) is 15.7. The Morgan fingerprint density at radius 1 is 0.413 bits per heavy atom. The summed E-state index contributed by atoms with van der Waals surface area (Å²) in [5, 5.41) is 9.86. The van der Waals surface area contributed by atoms with Crippen LogP contribution >= 0.6 is 0 Å². The van der Waals surface area contributed by atoms with Crippen molar-refractivity contribution >= 4 is 81.7 Å². The van der Waals surface area contributed by atoms with Crippen LogP contribution in [-0.2, 0) is 0 Å². The zero-order valence-electron chi connectivity index (χ0n) is 24.6. The molecule has 4 nitrogen and oxygen atoms in total. The Balaban J connectivity index is 1.38. The van der Waals surface area contributed by atoms with Crippen molar-refractivity contribution in [1.82, 2.24) is 18.9 Å². The van der Waals surface area contributed by atoms with Crippen LogP contribution < -0.4 is 0 Å². The number of aromatic nitrogens is 4. The molecule has 0 atom stereocenters. The van der Waals surface area contributed by atoms with E-state index in [1.165, 1.54) is 59.6 Å². The monoisotopic (exact) mass is 584 g/mol. The summed E-state index contributed by atoms with van der Waals surface area (Å²) in [7, 11) is 0. The van der Waals surface area contributed by atoms with Gasteiger partial charge in [0.05, 0.1) is 38.6 Å². The second kappa shape index (κ2) is 8.68. The molecule has 4 heterocycles. The highest BCUT2D eigenvalue weighted by atomic mass is 15.1. The Hall–Kier alpha value is -6.26. The van der Waals surface area contributed by atoms with E-state index in [2.05, 4.69) is 142 Å².